The third-order valence-corrected chi connectivity index (χ3v) is 5.62. The Labute approximate surface area is 196 Å². The molecule has 0 bridgehead atoms. The van der Waals surface area contributed by atoms with Crippen LogP contribution in [0.15, 0.2) is 28.8 Å². The summed E-state index contributed by atoms with van der Waals surface area (Å²) >= 11 is 0. The molecule has 33 heavy (non-hydrogen) atoms. The van der Waals surface area contributed by atoms with Gasteiger partial charge in [0.15, 0.2) is 0 Å². The molecule has 0 fully saturated rings. The lowest BCUT2D eigenvalue weighted by molar-refractivity contribution is 0.107. The third-order valence-electron chi connectivity index (χ3n) is 5.62. The van der Waals surface area contributed by atoms with E-state index in [0.717, 1.165) is 58.9 Å². The second-order valence-electron chi connectivity index (χ2n) is 8.11. The maximum atomic E-state index is 9.98. The first kappa shape index (κ1) is 24.7. The highest BCUT2D eigenvalue weighted by Crippen LogP contribution is 2.32. The third kappa shape index (κ3) is 5.69. The Morgan fingerprint density at radius 3 is 2.30 bits per heavy atom. The van der Waals surface area contributed by atoms with Crippen molar-refractivity contribution in [3.8, 4) is 28.7 Å². The highest BCUT2D eigenvalue weighted by atomic mass is 16.5. The van der Waals surface area contributed by atoms with Gasteiger partial charge >= 0.3 is 0 Å². The molecule has 0 saturated carbocycles. The predicted octanol–water partition coefficient (Wildman–Crippen LogP) is 3.78. The molecule has 178 valence electrons. The van der Waals surface area contributed by atoms with Crippen LogP contribution in [-0.4, -0.2) is 59.7 Å². The standard InChI is InChI=1S/C25H35N5O3/c1-7-18-12-19(10-16(4)22(18)32-15-21(31)14-26-6)24-28-29-25(33-24)20-11-17(5)23(27-13-20)30(8-2)9-3/h10-13,21,26,31H,7-9,14-15H2,1-6H3. The number of aromatic nitrogens is 3. The summed E-state index contributed by atoms with van der Waals surface area (Å²) < 4.78 is 12.0. The van der Waals surface area contributed by atoms with E-state index < -0.39 is 6.10 Å². The topological polar surface area (TPSA) is 96.5 Å². The van der Waals surface area contributed by atoms with Gasteiger partial charge in [0.25, 0.3) is 0 Å². The SMILES string of the molecule is CCc1cc(-c2nnc(-c3cnc(N(CC)CC)c(C)c3)o2)cc(C)c1OCC(O)CNC. The minimum Gasteiger partial charge on any atom is -0.490 e. The van der Waals surface area contributed by atoms with Crippen molar-refractivity contribution in [3.05, 3.63) is 41.1 Å². The Morgan fingerprint density at radius 2 is 1.70 bits per heavy atom. The van der Waals surface area contributed by atoms with Crippen LogP contribution in [-0.2, 0) is 6.42 Å². The van der Waals surface area contributed by atoms with Crippen LogP contribution in [0.4, 0.5) is 5.82 Å². The van der Waals surface area contributed by atoms with E-state index in [2.05, 4.69) is 46.2 Å². The number of benzene rings is 1. The number of aliphatic hydroxyl groups excluding tert-OH is 1. The summed E-state index contributed by atoms with van der Waals surface area (Å²) in [5.74, 6) is 2.66. The van der Waals surface area contributed by atoms with Crippen molar-refractivity contribution in [2.75, 3.05) is 38.2 Å². The molecule has 3 rings (SSSR count). The predicted molar refractivity (Wildman–Crippen MR) is 131 cm³/mol. The number of hydrogen-bond donors (Lipinski definition) is 2. The molecule has 0 spiro atoms. The summed E-state index contributed by atoms with van der Waals surface area (Å²) in [6.45, 7) is 12.9. The highest BCUT2D eigenvalue weighted by Gasteiger charge is 2.17. The van der Waals surface area contributed by atoms with Gasteiger partial charge in [0, 0.05) is 31.4 Å². The number of likely N-dealkylation sites (N-methyl/N-ethyl adjacent to an activating group) is 1. The van der Waals surface area contributed by atoms with Gasteiger partial charge in [0.1, 0.15) is 24.3 Å². The lowest BCUT2D eigenvalue weighted by Gasteiger charge is -2.21. The zero-order valence-corrected chi connectivity index (χ0v) is 20.5. The average Bonchev–Trinajstić information content (AvgIpc) is 3.30. The fourth-order valence-electron chi connectivity index (χ4n) is 3.91. The van der Waals surface area contributed by atoms with E-state index >= 15 is 0 Å². The van der Waals surface area contributed by atoms with Crippen LogP contribution < -0.4 is 15.0 Å². The number of hydrogen-bond acceptors (Lipinski definition) is 8. The normalized spacial score (nSPS) is 12.1. The molecular weight excluding hydrogens is 418 g/mol. The minimum atomic E-state index is -0.567. The van der Waals surface area contributed by atoms with Gasteiger partial charge in [-0.3, -0.25) is 0 Å². The van der Waals surface area contributed by atoms with E-state index in [4.69, 9.17) is 9.15 Å². The Morgan fingerprint density at radius 1 is 1.03 bits per heavy atom. The molecule has 0 saturated heterocycles. The second kappa shape index (κ2) is 11.2. The van der Waals surface area contributed by atoms with Gasteiger partial charge in [-0.25, -0.2) is 4.98 Å². The molecule has 1 aromatic carbocycles. The number of nitrogens with one attached hydrogen (secondary N) is 1. The number of anilines is 1. The van der Waals surface area contributed by atoms with Crippen molar-refractivity contribution in [2.24, 2.45) is 0 Å². The molecule has 0 aliphatic rings. The summed E-state index contributed by atoms with van der Waals surface area (Å²) in [4.78, 5) is 6.85. The van der Waals surface area contributed by atoms with E-state index in [1.165, 1.54) is 0 Å². The Hall–Kier alpha value is -2.97. The summed E-state index contributed by atoms with van der Waals surface area (Å²) in [5.41, 5.74) is 4.70. The van der Waals surface area contributed by atoms with Crippen LogP contribution in [0.5, 0.6) is 5.75 Å². The molecule has 2 heterocycles. The summed E-state index contributed by atoms with van der Waals surface area (Å²) in [5, 5.41) is 21.5. The van der Waals surface area contributed by atoms with Crippen LogP contribution in [0.25, 0.3) is 22.9 Å². The summed E-state index contributed by atoms with van der Waals surface area (Å²) in [6.07, 6.45) is 2.00. The molecule has 8 heteroatoms. The molecule has 0 amide bonds. The first-order valence-corrected chi connectivity index (χ1v) is 11.6. The molecule has 3 aromatic rings. The molecule has 1 unspecified atom stereocenters. The van der Waals surface area contributed by atoms with E-state index in [-0.39, 0.29) is 6.61 Å². The zero-order chi connectivity index (χ0) is 24.0. The van der Waals surface area contributed by atoms with Crippen LogP contribution in [0, 0.1) is 13.8 Å². The zero-order valence-electron chi connectivity index (χ0n) is 20.5. The van der Waals surface area contributed by atoms with Crippen molar-refractivity contribution >= 4 is 5.82 Å². The van der Waals surface area contributed by atoms with Crippen molar-refractivity contribution in [2.45, 2.75) is 47.1 Å². The van der Waals surface area contributed by atoms with Crippen LogP contribution in [0.3, 0.4) is 0 Å². The fraction of sp³-hybridized carbons (Fsp3) is 0.480. The Balaban J connectivity index is 1.85. The molecular formula is C25H35N5O3. The van der Waals surface area contributed by atoms with E-state index in [9.17, 15) is 5.11 Å². The van der Waals surface area contributed by atoms with Gasteiger partial charge < -0.3 is 24.5 Å². The number of rotatable bonds is 11. The first-order chi connectivity index (χ1) is 15.9. The maximum Gasteiger partial charge on any atom is 0.249 e. The smallest absolute Gasteiger partial charge is 0.249 e. The fourth-order valence-corrected chi connectivity index (χ4v) is 3.91. The monoisotopic (exact) mass is 453 g/mol. The van der Waals surface area contributed by atoms with E-state index in [1.54, 1.807) is 13.2 Å². The second-order valence-corrected chi connectivity index (χ2v) is 8.11. The van der Waals surface area contributed by atoms with Crippen molar-refractivity contribution in [1.29, 1.82) is 0 Å². The Kier molecular flexibility index (Phi) is 8.41. The van der Waals surface area contributed by atoms with Crippen LogP contribution in [0.1, 0.15) is 37.5 Å². The summed E-state index contributed by atoms with van der Waals surface area (Å²) in [6, 6.07) is 6.02. The Bertz CT molecular complexity index is 1060. The number of aliphatic hydroxyl groups is 1. The van der Waals surface area contributed by atoms with Crippen molar-refractivity contribution in [3.63, 3.8) is 0 Å². The average molecular weight is 454 g/mol. The van der Waals surface area contributed by atoms with Crippen molar-refractivity contribution < 1.29 is 14.3 Å². The molecule has 8 nitrogen and oxygen atoms in total. The number of aryl methyl sites for hydroxylation is 3. The van der Waals surface area contributed by atoms with Crippen LogP contribution >= 0.6 is 0 Å². The minimum absolute atomic E-state index is 0.231. The maximum absolute atomic E-state index is 9.98. The molecule has 2 aromatic heterocycles. The van der Waals surface area contributed by atoms with E-state index in [1.807, 2.05) is 32.0 Å². The first-order valence-electron chi connectivity index (χ1n) is 11.6. The molecule has 0 radical (unpaired) electrons. The lowest BCUT2D eigenvalue weighted by atomic mass is 10.0. The molecule has 0 aliphatic carbocycles. The van der Waals surface area contributed by atoms with Gasteiger partial charge in [0.05, 0.1) is 5.56 Å². The quantitative estimate of drug-likeness (QED) is 0.453. The van der Waals surface area contributed by atoms with Gasteiger partial charge in [-0.05, 0) is 76.1 Å². The lowest BCUT2D eigenvalue weighted by Crippen LogP contribution is -2.29. The molecule has 1 atom stereocenters. The van der Waals surface area contributed by atoms with Gasteiger partial charge in [-0.15, -0.1) is 10.2 Å². The van der Waals surface area contributed by atoms with Gasteiger partial charge in [-0.2, -0.15) is 0 Å². The van der Waals surface area contributed by atoms with Gasteiger partial charge in [-0.1, -0.05) is 6.92 Å². The van der Waals surface area contributed by atoms with E-state index in [0.29, 0.717) is 18.3 Å². The number of ether oxygens (including phenoxy) is 1. The molecule has 0 aliphatic heterocycles. The number of nitrogens with zero attached hydrogens (tertiary/aromatic N) is 4. The number of pyridine rings is 1. The molecule has 2 N–H and O–H groups in total. The van der Waals surface area contributed by atoms with Crippen LogP contribution in [0.2, 0.25) is 0 Å². The largest absolute Gasteiger partial charge is 0.490 e. The van der Waals surface area contributed by atoms with Gasteiger partial charge in [0.2, 0.25) is 11.8 Å². The van der Waals surface area contributed by atoms with Crippen molar-refractivity contribution in [1.82, 2.24) is 20.5 Å². The summed E-state index contributed by atoms with van der Waals surface area (Å²) in [7, 11) is 1.80. The highest BCUT2D eigenvalue weighted by molar-refractivity contribution is 5.63.